The molecule has 19 heavy (non-hydrogen) atoms. The lowest BCUT2D eigenvalue weighted by Gasteiger charge is -2.37. The van der Waals surface area contributed by atoms with E-state index in [1.165, 1.54) is 12.4 Å². The van der Waals surface area contributed by atoms with Gasteiger partial charge in [-0.25, -0.2) is 9.97 Å². The van der Waals surface area contributed by atoms with Crippen molar-refractivity contribution in [2.75, 3.05) is 31.2 Å². The van der Waals surface area contributed by atoms with Crippen molar-refractivity contribution in [3.63, 3.8) is 0 Å². The summed E-state index contributed by atoms with van der Waals surface area (Å²) in [5.74, 6) is 0.0792. The summed E-state index contributed by atoms with van der Waals surface area (Å²) in [5.41, 5.74) is -0.0975. The van der Waals surface area contributed by atoms with E-state index in [-0.39, 0.29) is 5.69 Å². The van der Waals surface area contributed by atoms with Gasteiger partial charge in [-0.3, -0.25) is 10.1 Å². The van der Waals surface area contributed by atoms with Gasteiger partial charge in [0.25, 0.3) is 0 Å². The van der Waals surface area contributed by atoms with E-state index in [2.05, 4.69) is 9.97 Å². The van der Waals surface area contributed by atoms with Gasteiger partial charge in [-0.2, -0.15) is 0 Å². The lowest BCUT2D eigenvalue weighted by molar-refractivity contribution is -0.385. The topological polar surface area (TPSA) is 90.6 Å². The third-order valence-electron chi connectivity index (χ3n) is 3.46. The van der Waals surface area contributed by atoms with Gasteiger partial charge < -0.3 is 14.4 Å². The highest BCUT2D eigenvalue weighted by molar-refractivity contribution is 5.34. The largest absolute Gasteiger partial charge is 0.347 e. The fourth-order valence-corrected chi connectivity index (χ4v) is 2.41. The van der Waals surface area contributed by atoms with Gasteiger partial charge in [-0.05, 0) is 0 Å². The quantitative estimate of drug-likeness (QED) is 0.575. The molecule has 0 N–H and O–H groups in total. The molecule has 2 aliphatic rings. The van der Waals surface area contributed by atoms with Crippen LogP contribution in [-0.4, -0.2) is 47.0 Å². The Hall–Kier alpha value is -1.80. The molecule has 102 valence electrons. The molecule has 2 fully saturated rings. The molecule has 8 nitrogen and oxygen atoms in total. The van der Waals surface area contributed by atoms with Gasteiger partial charge in [0, 0.05) is 25.9 Å². The Morgan fingerprint density at radius 1 is 1.21 bits per heavy atom. The minimum atomic E-state index is -0.505. The average molecular weight is 266 g/mol. The first-order chi connectivity index (χ1) is 9.19. The Labute approximate surface area is 109 Å². The second-order valence-electron chi connectivity index (χ2n) is 4.59. The number of hydrogen-bond donors (Lipinski definition) is 0. The van der Waals surface area contributed by atoms with Crippen LogP contribution in [-0.2, 0) is 9.47 Å². The lowest BCUT2D eigenvalue weighted by Crippen LogP contribution is -2.45. The Morgan fingerprint density at radius 3 is 2.32 bits per heavy atom. The molecule has 3 rings (SSSR count). The predicted molar refractivity (Wildman–Crippen MR) is 64.8 cm³/mol. The number of piperidine rings is 1. The fourth-order valence-electron chi connectivity index (χ4n) is 2.41. The number of nitrogens with zero attached hydrogens (tertiary/aromatic N) is 4. The number of ether oxygens (including phenoxy) is 2. The molecule has 1 spiro atoms. The van der Waals surface area contributed by atoms with Gasteiger partial charge in [-0.1, -0.05) is 0 Å². The van der Waals surface area contributed by atoms with E-state index in [0.717, 1.165) is 25.9 Å². The molecule has 0 unspecified atom stereocenters. The Balaban J connectivity index is 1.66. The van der Waals surface area contributed by atoms with E-state index in [9.17, 15) is 10.1 Å². The van der Waals surface area contributed by atoms with Crippen molar-refractivity contribution >= 4 is 11.6 Å². The second kappa shape index (κ2) is 4.71. The molecule has 0 radical (unpaired) electrons. The van der Waals surface area contributed by atoms with E-state index >= 15 is 0 Å². The van der Waals surface area contributed by atoms with Gasteiger partial charge in [-0.15, -0.1) is 0 Å². The fraction of sp³-hybridized carbons (Fsp3) is 0.636. The van der Waals surface area contributed by atoms with Crippen molar-refractivity contribution in [2.24, 2.45) is 0 Å². The third-order valence-corrected chi connectivity index (χ3v) is 3.46. The molecule has 0 aromatic carbocycles. The van der Waals surface area contributed by atoms with Crippen molar-refractivity contribution < 1.29 is 14.4 Å². The van der Waals surface area contributed by atoms with Crippen LogP contribution < -0.4 is 4.90 Å². The normalized spacial score (nSPS) is 21.8. The first-order valence-corrected chi connectivity index (χ1v) is 6.18. The molecule has 1 aromatic heterocycles. The minimum absolute atomic E-state index is 0.0975. The Bertz CT molecular complexity index is 462. The zero-order chi connectivity index (χ0) is 13.3. The summed E-state index contributed by atoms with van der Waals surface area (Å²) in [6.07, 6.45) is 3.98. The molecule has 2 saturated heterocycles. The SMILES string of the molecule is O=[N+]([O-])c1cnc(N2CCC3(CC2)OCCO3)nc1. The van der Waals surface area contributed by atoms with E-state index in [0.29, 0.717) is 19.2 Å². The molecular weight excluding hydrogens is 252 g/mol. The maximum absolute atomic E-state index is 10.5. The van der Waals surface area contributed by atoms with Crippen molar-refractivity contribution in [3.8, 4) is 0 Å². The van der Waals surface area contributed by atoms with Crippen LogP contribution in [0.5, 0.6) is 0 Å². The number of nitro groups is 1. The Morgan fingerprint density at radius 2 is 1.79 bits per heavy atom. The molecular formula is C11H14N4O4. The predicted octanol–water partition coefficient (Wildman–Crippen LogP) is 0.728. The number of hydrogen-bond acceptors (Lipinski definition) is 7. The van der Waals surface area contributed by atoms with Crippen LogP contribution in [0.4, 0.5) is 11.6 Å². The number of anilines is 1. The van der Waals surface area contributed by atoms with Gasteiger partial charge in [0.05, 0.1) is 18.1 Å². The van der Waals surface area contributed by atoms with Crippen molar-refractivity contribution in [3.05, 3.63) is 22.5 Å². The van der Waals surface area contributed by atoms with Crippen LogP contribution in [0.1, 0.15) is 12.8 Å². The summed E-state index contributed by atoms with van der Waals surface area (Å²) >= 11 is 0. The van der Waals surface area contributed by atoms with Crippen LogP contribution in [0.3, 0.4) is 0 Å². The van der Waals surface area contributed by atoms with Crippen LogP contribution >= 0.6 is 0 Å². The Kier molecular flexibility index (Phi) is 3.03. The molecule has 3 heterocycles. The smallest absolute Gasteiger partial charge is 0.305 e. The highest BCUT2D eigenvalue weighted by Crippen LogP contribution is 2.32. The van der Waals surface area contributed by atoms with E-state index < -0.39 is 10.7 Å². The van der Waals surface area contributed by atoms with Gasteiger partial charge in [0.2, 0.25) is 5.95 Å². The van der Waals surface area contributed by atoms with Gasteiger partial charge >= 0.3 is 5.69 Å². The molecule has 0 atom stereocenters. The summed E-state index contributed by atoms with van der Waals surface area (Å²) < 4.78 is 11.3. The lowest BCUT2D eigenvalue weighted by atomic mass is 10.0. The first kappa shape index (κ1) is 12.2. The monoisotopic (exact) mass is 266 g/mol. The van der Waals surface area contributed by atoms with Gasteiger partial charge in [0.1, 0.15) is 12.4 Å². The van der Waals surface area contributed by atoms with Crippen molar-refractivity contribution in [2.45, 2.75) is 18.6 Å². The maximum atomic E-state index is 10.5. The molecule has 0 bridgehead atoms. The summed E-state index contributed by atoms with van der Waals surface area (Å²) in [4.78, 5) is 20.1. The van der Waals surface area contributed by atoms with Gasteiger partial charge in [0.15, 0.2) is 5.79 Å². The third kappa shape index (κ3) is 2.36. The van der Waals surface area contributed by atoms with Crippen molar-refractivity contribution in [1.29, 1.82) is 0 Å². The standard InChI is InChI=1S/C11H14N4O4/c16-15(17)9-7-12-10(13-8-9)14-3-1-11(2-4-14)18-5-6-19-11/h7-8H,1-6H2. The molecule has 0 amide bonds. The highest BCUT2D eigenvalue weighted by Gasteiger charge is 2.40. The minimum Gasteiger partial charge on any atom is -0.347 e. The maximum Gasteiger partial charge on any atom is 0.305 e. The van der Waals surface area contributed by atoms with E-state index in [1.807, 2.05) is 4.90 Å². The van der Waals surface area contributed by atoms with Crippen LogP contribution in [0.2, 0.25) is 0 Å². The average Bonchev–Trinajstić information content (AvgIpc) is 2.88. The molecule has 0 aliphatic carbocycles. The summed E-state index contributed by atoms with van der Waals surface area (Å²) in [6.45, 7) is 2.73. The van der Waals surface area contributed by atoms with E-state index in [1.54, 1.807) is 0 Å². The highest BCUT2D eigenvalue weighted by atomic mass is 16.7. The van der Waals surface area contributed by atoms with Crippen LogP contribution in [0, 0.1) is 10.1 Å². The van der Waals surface area contributed by atoms with Crippen LogP contribution in [0.15, 0.2) is 12.4 Å². The molecule has 1 aromatic rings. The number of rotatable bonds is 2. The summed E-state index contributed by atoms with van der Waals surface area (Å²) in [6, 6.07) is 0. The number of aromatic nitrogens is 2. The summed E-state index contributed by atoms with van der Waals surface area (Å²) in [7, 11) is 0. The molecule has 0 saturated carbocycles. The first-order valence-electron chi connectivity index (χ1n) is 6.18. The second-order valence-corrected chi connectivity index (χ2v) is 4.59. The van der Waals surface area contributed by atoms with Crippen molar-refractivity contribution in [1.82, 2.24) is 9.97 Å². The van der Waals surface area contributed by atoms with E-state index in [4.69, 9.17) is 9.47 Å². The molecule has 8 heteroatoms. The van der Waals surface area contributed by atoms with Crippen LogP contribution in [0.25, 0.3) is 0 Å². The zero-order valence-electron chi connectivity index (χ0n) is 10.3. The summed E-state index contributed by atoms with van der Waals surface area (Å²) in [5, 5.41) is 10.5. The molecule has 2 aliphatic heterocycles. The zero-order valence-corrected chi connectivity index (χ0v) is 10.3.